The summed E-state index contributed by atoms with van der Waals surface area (Å²) in [5.74, 6) is -1.87. The van der Waals surface area contributed by atoms with Crippen molar-refractivity contribution < 1.29 is 30.0 Å². The Hall–Kier alpha value is -1.66. The van der Waals surface area contributed by atoms with Gasteiger partial charge in [-0.05, 0) is 54.4 Å². The van der Waals surface area contributed by atoms with E-state index in [2.05, 4.69) is 13.2 Å². The number of aliphatic carboxylic acids is 2. The van der Waals surface area contributed by atoms with Crippen LogP contribution in [0, 0.1) is 0 Å². The first kappa shape index (κ1) is 31.0. The van der Waals surface area contributed by atoms with Crippen LogP contribution < -0.4 is 0 Å². The lowest BCUT2D eigenvalue weighted by Crippen LogP contribution is -2.18. The zero-order valence-corrected chi connectivity index (χ0v) is 18.7. The number of carboxylic acid groups (broad SMARTS) is 2. The summed E-state index contributed by atoms with van der Waals surface area (Å²) >= 11 is 0. The van der Waals surface area contributed by atoms with Crippen molar-refractivity contribution >= 4 is 11.9 Å². The molecule has 4 N–H and O–H groups in total. The third kappa shape index (κ3) is 35.4. The van der Waals surface area contributed by atoms with Gasteiger partial charge in [-0.1, -0.05) is 51.7 Å². The third-order valence-corrected chi connectivity index (χ3v) is 3.56. The molecular formula is C22H42O6. The van der Waals surface area contributed by atoms with Crippen molar-refractivity contribution in [2.75, 3.05) is 0 Å². The number of aliphatic hydroxyl groups is 2. The summed E-state index contributed by atoms with van der Waals surface area (Å²) in [7, 11) is 0. The predicted octanol–water partition coefficient (Wildman–Crippen LogP) is 4.94. The molecule has 0 radical (unpaired) electrons. The van der Waals surface area contributed by atoms with Crippen LogP contribution in [-0.2, 0) is 9.59 Å². The van der Waals surface area contributed by atoms with Crippen LogP contribution in [0.1, 0.15) is 92.9 Å². The maximum absolute atomic E-state index is 9.60. The molecule has 0 bridgehead atoms. The first-order chi connectivity index (χ1) is 12.5. The average Bonchev–Trinajstić information content (AvgIpc) is 2.48. The first-order valence-electron chi connectivity index (χ1n) is 9.72. The molecule has 0 amide bonds. The van der Waals surface area contributed by atoms with Crippen molar-refractivity contribution in [1.29, 1.82) is 0 Å². The molecule has 0 atom stereocenters. The highest BCUT2D eigenvalue weighted by Gasteiger charge is 2.12. The molecule has 0 aliphatic rings. The Kier molecular flexibility index (Phi) is 18.1. The lowest BCUT2D eigenvalue weighted by atomic mass is 9.98. The Morgan fingerprint density at radius 3 is 0.964 bits per heavy atom. The van der Waals surface area contributed by atoms with Crippen molar-refractivity contribution in [3.8, 4) is 0 Å². The summed E-state index contributed by atoms with van der Waals surface area (Å²) in [6.45, 7) is 16.7. The molecule has 0 fully saturated rings. The fraction of sp³-hybridized carbons (Fsp3) is 0.727. The maximum atomic E-state index is 9.60. The van der Waals surface area contributed by atoms with E-state index in [9.17, 15) is 19.8 Å². The summed E-state index contributed by atoms with van der Waals surface area (Å²) in [5, 5.41) is 34.8. The summed E-state index contributed by atoms with van der Waals surface area (Å²) in [6, 6.07) is 0. The Morgan fingerprint density at radius 1 is 0.643 bits per heavy atom. The first-order valence-corrected chi connectivity index (χ1v) is 9.72. The van der Waals surface area contributed by atoms with E-state index >= 15 is 0 Å². The van der Waals surface area contributed by atoms with E-state index in [1.807, 2.05) is 27.7 Å². The van der Waals surface area contributed by atoms with Gasteiger partial charge in [0.2, 0.25) is 0 Å². The minimum Gasteiger partial charge on any atom is -0.478 e. The van der Waals surface area contributed by atoms with Crippen LogP contribution in [0.5, 0.6) is 0 Å². The normalized spacial score (nSPS) is 10.7. The van der Waals surface area contributed by atoms with Crippen LogP contribution >= 0.6 is 0 Å². The molecule has 0 aliphatic heterocycles. The molecule has 6 heteroatoms. The van der Waals surface area contributed by atoms with Crippen LogP contribution in [0.2, 0.25) is 0 Å². The van der Waals surface area contributed by atoms with E-state index in [-0.39, 0.29) is 11.1 Å². The Morgan fingerprint density at radius 2 is 0.821 bits per heavy atom. The highest BCUT2D eigenvalue weighted by atomic mass is 16.4. The smallest absolute Gasteiger partial charge is 0.330 e. The van der Waals surface area contributed by atoms with Crippen LogP contribution in [0.4, 0.5) is 0 Å². The monoisotopic (exact) mass is 402 g/mol. The van der Waals surface area contributed by atoms with E-state index in [1.54, 1.807) is 0 Å². The number of unbranched alkanes of at least 4 members (excludes halogenated alkanes) is 5. The van der Waals surface area contributed by atoms with Gasteiger partial charge in [0.25, 0.3) is 0 Å². The lowest BCUT2D eigenvalue weighted by Gasteiger charge is -2.17. The number of carbonyl (C=O) groups is 2. The topological polar surface area (TPSA) is 115 Å². The molecule has 0 saturated heterocycles. The van der Waals surface area contributed by atoms with Gasteiger partial charge in [0.1, 0.15) is 0 Å². The van der Waals surface area contributed by atoms with Gasteiger partial charge < -0.3 is 20.4 Å². The average molecular weight is 403 g/mol. The second-order valence-corrected chi connectivity index (χ2v) is 8.42. The SMILES string of the molecule is C=C(C)C(=O)O.C=C(C)C(=O)O.CC(C)(O)CCCCCCCCC(C)(C)O. The number of hydrogen-bond donors (Lipinski definition) is 4. The van der Waals surface area contributed by atoms with Gasteiger partial charge >= 0.3 is 11.9 Å². The van der Waals surface area contributed by atoms with Crippen molar-refractivity contribution in [3.63, 3.8) is 0 Å². The summed E-state index contributed by atoms with van der Waals surface area (Å²) in [6.07, 6.45) is 8.97. The van der Waals surface area contributed by atoms with Gasteiger partial charge in [-0.15, -0.1) is 0 Å². The second kappa shape index (κ2) is 16.3. The second-order valence-electron chi connectivity index (χ2n) is 8.42. The number of rotatable bonds is 11. The van der Waals surface area contributed by atoms with E-state index in [1.165, 1.54) is 39.5 Å². The van der Waals surface area contributed by atoms with Gasteiger partial charge in [-0.25, -0.2) is 9.59 Å². The molecule has 0 aromatic rings. The van der Waals surface area contributed by atoms with Gasteiger partial charge in [0.05, 0.1) is 11.2 Å². The molecule has 0 saturated carbocycles. The molecule has 6 nitrogen and oxygen atoms in total. The standard InChI is InChI=1S/C14H30O2.2C4H6O2/c1-13(2,15)11-9-7-5-6-8-10-12-14(3,4)16;2*1-3(2)4(5)6/h15-16H,5-12H2,1-4H3;2*1H2,2H3,(H,5,6). The molecule has 0 heterocycles. The van der Waals surface area contributed by atoms with Crippen molar-refractivity contribution in [1.82, 2.24) is 0 Å². The Labute approximate surface area is 171 Å². The number of hydrogen-bond acceptors (Lipinski definition) is 4. The van der Waals surface area contributed by atoms with E-state index in [0.29, 0.717) is 0 Å². The maximum Gasteiger partial charge on any atom is 0.330 e. The highest BCUT2D eigenvalue weighted by molar-refractivity contribution is 5.85. The van der Waals surface area contributed by atoms with E-state index < -0.39 is 23.1 Å². The fourth-order valence-electron chi connectivity index (χ4n) is 1.82. The van der Waals surface area contributed by atoms with Crippen molar-refractivity contribution in [2.45, 2.75) is 104 Å². The molecule has 0 aliphatic carbocycles. The van der Waals surface area contributed by atoms with Crippen LogP contribution in [-0.4, -0.2) is 43.6 Å². The quantitative estimate of drug-likeness (QED) is 0.287. The molecule has 166 valence electrons. The third-order valence-electron chi connectivity index (χ3n) is 3.56. The Balaban J connectivity index is -0.000000426. The molecule has 0 spiro atoms. The van der Waals surface area contributed by atoms with E-state index in [4.69, 9.17) is 10.2 Å². The molecular weight excluding hydrogens is 360 g/mol. The van der Waals surface area contributed by atoms with Crippen LogP contribution in [0.25, 0.3) is 0 Å². The highest BCUT2D eigenvalue weighted by Crippen LogP contribution is 2.17. The van der Waals surface area contributed by atoms with Crippen LogP contribution in [0.15, 0.2) is 24.3 Å². The minimum absolute atomic E-state index is 0.176. The zero-order chi connectivity index (χ0) is 23.0. The van der Waals surface area contributed by atoms with Crippen LogP contribution in [0.3, 0.4) is 0 Å². The largest absolute Gasteiger partial charge is 0.478 e. The summed E-state index contributed by atoms with van der Waals surface area (Å²) in [5.41, 5.74) is -0.646. The zero-order valence-electron chi connectivity index (χ0n) is 18.7. The van der Waals surface area contributed by atoms with Crippen molar-refractivity contribution in [3.05, 3.63) is 24.3 Å². The van der Waals surface area contributed by atoms with Crippen molar-refractivity contribution in [2.24, 2.45) is 0 Å². The van der Waals surface area contributed by atoms with E-state index in [0.717, 1.165) is 25.7 Å². The summed E-state index contributed by atoms with van der Waals surface area (Å²) < 4.78 is 0. The molecule has 0 aromatic heterocycles. The summed E-state index contributed by atoms with van der Waals surface area (Å²) in [4.78, 5) is 19.2. The van der Waals surface area contributed by atoms with Gasteiger partial charge in [-0.3, -0.25) is 0 Å². The molecule has 0 unspecified atom stereocenters. The van der Waals surface area contributed by atoms with Gasteiger partial charge in [-0.2, -0.15) is 0 Å². The predicted molar refractivity (Wildman–Crippen MR) is 114 cm³/mol. The number of carboxylic acids is 2. The molecule has 28 heavy (non-hydrogen) atoms. The molecule has 0 rings (SSSR count). The van der Waals surface area contributed by atoms with Gasteiger partial charge in [0.15, 0.2) is 0 Å². The fourth-order valence-corrected chi connectivity index (χ4v) is 1.82. The molecule has 0 aromatic carbocycles. The van der Waals surface area contributed by atoms with Gasteiger partial charge in [0, 0.05) is 11.1 Å². The lowest BCUT2D eigenvalue weighted by molar-refractivity contribution is -0.133. The Bertz CT molecular complexity index is 398. The minimum atomic E-state index is -0.935.